The van der Waals surface area contributed by atoms with Crippen molar-refractivity contribution in [2.75, 3.05) is 0 Å². The van der Waals surface area contributed by atoms with E-state index in [9.17, 15) is 8.78 Å². The van der Waals surface area contributed by atoms with Gasteiger partial charge in [-0.05, 0) is 25.1 Å². The maximum absolute atomic E-state index is 12.8. The van der Waals surface area contributed by atoms with Crippen LogP contribution in [0.4, 0.5) is 8.78 Å². The molecule has 0 aliphatic carbocycles. The molecule has 1 aromatic carbocycles. The zero-order valence-corrected chi connectivity index (χ0v) is 15.3. The zero-order chi connectivity index (χ0) is 20.2. The minimum Gasteiger partial charge on any atom is -0.470 e. The van der Waals surface area contributed by atoms with Crippen LogP contribution >= 0.6 is 0 Å². The normalized spacial score (nSPS) is 11.0. The molecule has 29 heavy (non-hydrogen) atoms. The van der Waals surface area contributed by atoms with E-state index >= 15 is 0 Å². The van der Waals surface area contributed by atoms with Crippen LogP contribution in [0.15, 0.2) is 55.1 Å². The van der Waals surface area contributed by atoms with Crippen molar-refractivity contribution < 1.29 is 13.5 Å². The van der Waals surface area contributed by atoms with Gasteiger partial charge in [-0.25, -0.2) is 23.4 Å². The number of hydrogen-bond donors (Lipinski definition) is 0. The first kappa shape index (κ1) is 18.5. The highest BCUT2D eigenvalue weighted by atomic mass is 19.3. The van der Waals surface area contributed by atoms with Gasteiger partial charge in [-0.1, -0.05) is 17.3 Å². The molecule has 0 fully saturated rings. The summed E-state index contributed by atoms with van der Waals surface area (Å²) in [6, 6.07) is 9.30. The maximum Gasteiger partial charge on any atom is 0.263 e. The van der Waals surface area contributed by atoms with Crippen molar-refractivity contribution >= 4 is 0 Å². The molecular weight excluding hydrogens is 380 g/mol. The van der Waals surface area contributed by atoms with E-state index < -0.39 is 6.43 Å². The van der Waals surface area contributed by atoms with Gasteiger partial charge in [-0.2, -0.15) is 0 Å². The van der Waals surface area contributed by atoms with Crippen LogP contribution in [0.2, 0.25) is 0 Å². The van der Waals surface area contributed by atoms with Crippen molar-refractivity contribution in [2.45, 2.75) is 20.0 Å². The quantitative estimate of drug-likeness (QED) is 0.494. The summed E-state index contributed by atoms with van der Waals surface area (Å²) in [6.07, 6.45) is 2.21. The summed E-state index contributed by atoms with van der Waals surface area (Å²) in [5.74, 6) is 0.325. The van der Waals surface area contributed by atoms with E-state index in [-0.39, 0.29) is 12.2 Å². The first-order chi connectivity index (χ1) is 14.1. The summed E-state index contributed by atoms with van der Waals surface area (Å²) < 4.78 is 32.8. The number of alkyl halides is 2. The van der Waals surface area contributed by atoms with Gasteiger partial charge in [-0.3, -0.25) is 0 Å². The number of aromatic nitrogens is 7. The summed E-state index contributed by atoms with van der Waals surface area (Å²) >= 11 is 0. The molecule has 4 aromatic rings. The molecule has 146 valence electrons. The van der Waals surface area contributed by atoms with Gasteiger partial charge in [0.15, 0.2) is 0 Å². The van der Waals surface area contributed by atoms with E-state index in [4.69, 9.17) is 4.74 Å². The van der Waals surface area contributed by atoms with Gasteiger partial charge >= 0.3 is 0 Å². The summed E-state index contributed by atoms with van der Waals surface area (Å²) in [7, 11) is 0. The molecule has 0 radical (unpaired) electrons. The van der Waals surface area contributed by atoms with E-state index in [2.05, 4.69) is 30.5 Å². The smallest absolute Gasteiger partial charge is 0.263 e. The summed E-state index contributed by atoms with van der Waals surface area (Å²) in [6.45, 7) is 1.93. The van der Waals surface area contributed by atoms with Gasteiger partial charge in [0.05, 0.1) is 17.1 Å². The molecule has 0 atom stereocenters. The molecular formula is C19H15F2N7O. The second-order valence-corrected chi connectivity index (χ2v) is 6.10. The molecule has 0 unspecified atom stereocenters. The number of halogens is 2. The Kier molecular flexibility index (Phi) is 5.14. The Bertz CT molecular complexity index is 1080. The second kappa shape index (κ2) is 8.05. The minimum absolute atomic E-state index is 0.0532. The highest BCUT2D eigenvalue weighted by Crippen LogP contribution is 2.22. The van der Waals surface area contributed by atoms with E-state index in [1.807, 2.05) is 0 Å². The predicted octanol–water partition coefficient (Wildman–Crippen LogP) is 3.34. The van der Waals surface area contributed by atoms with E-state index in [1.165, 1.54) is 18.5 Å². The number of rotatable bonds is 6. The Morgan fingerprint density at radius 1 is 0.966 bits per heavy atom. The topological polar surface area (TPSA) is 91.5 Å². The lowest BCUT2D eigenvalue weighted by atomic mass is 10.2. The van der Waals surface area contributed by atoms with Crippen molar-refractivity contribution in [1.29, 1.82) is 0 Å². The Morgan fingerprint density at radius 2 is 1.72 bits per heavy atom. The van der Waals surface area contributed by atoms with Crippen LogP contribution in [0.5, 0.6) is 5.88 Å². The molecule has 0 saturated carbocycles. The highest BCUT2D eigenvalue weighted by Gasteiger charge is 2.14. The second-order valence-electron chi connectivity index (χ2n) is 6.10. The lowest BCUT2D eigenvalue weighted by Gasteiger charge is -2.09. The third-order valence-electron chi connectivity index (χ3n) is 4.20. The van der Waals surface area contributed by atoms with Crippen molar-refractivity contribution in [2.24, 2.45) is 0 Å². The van der Waals surface area contributed by atoms with E-state index in [0.717, 1.165) is 5.56 Å². The molecule has 0 amide bonds. The molecule has 0 aliphatic rings. The SMILES string of the molecule is Cc1nnn(-c2ccc(C(F)F)cc2)c1COc1ccc(-c2cncnc2)nn1. The highest BCUT2D eigenvalue weighted by molar-refractivity contribution is 5.55. The first-order valence-corrected chi connectivity index (χ1v) is 8.63. The molecule has 0 spiro atoms. The van der Waals surface area contributed by atoms with Crippen molar-refractivity contribution in [1.82, 2.24) is 35.2 Å². The number of hydrogen-bond acceptors (Lipinski definition) is 7. The van der Waals surface area contributed by atoms with Crippen LogP contribution in [0.3, 0.4) is 0 Å². The average Bonchev–Trinajstić information content (AvgIpc) is 3.13. The predicted molar refractivity (Wildman–Crippen MR) is 98.4 cm³/mol. The monoisotopic (exact) mass is 395 g/mol. The van der Waals surface area contributed by atoms with Gasteiger partial charge in [0.1, 0.15) is 18.6 Å². The Labute approximate surface area is 164 Å². The number of benzene rings is 1. The third-order valence-corrected chi connectivity index (χ3v) is 4.20. The fourth-order valence-corrected chi connectivity index (χ4v) is 2.64. The maximum atomic E-state index is 12.8. The van der Waals surface area contributed by atoms with Gasteiger partial charge in [0.2, 0.25) is 5.88 Å². The number of nitrogens with zero attached hydrogens (tertiary/aromatic N) is 7. The van der Waals surface area contributed by atoms with E-state index in [0.29, 0.717) is 28.6 Å². The van der Waals surface area contributed by atoms with Gasteiger partial charge < -0.3 is 4.74 Å². The molecule has 3 aromatic heterocycles. The zero-order valence-electron chi connectivity index (χ0n) is 15.3. The summed E-state index contributed by atoms with van der Waals surface area (Å²) in [5, 5.41) is 16.3. The average molecular weight is 395 g/mol. The lowest BCUT2D eigenvalue weighted by molar-refractivity contribution is 0.151. The molecule has 3 heterocycles. The number of ether oxygens (including phenoxy) is 1. The largest absolute Gasteiger partial charge is 0.470 e. The van der Waals surface area contributed by atoms with Crippen LogP contribution < -0.4 is 4.74 Å². The lowest BCUT2D eigenvalue weighted by Crippen LogP contribution is -2.08. The molecule has 0 bridgehead atoms. The molecule has 8 nitrogen and oxygen atoms in total. The van der Waals surface area contributed by atoms with Gasteiger partial charge in [-0.15, -0.1) is 15.3 Å². The molecule has 0 N–H and O–H groups in total. The first-order valence-electron chi connectivity index (χ1n) is 8.63. The van der Waals surface area contributed by atoms with Gasteiger partial charge in [0, 0.05) is 29.6 Å². The Balaban J connectivity index is 1.50. The molecule has 0 saturated heterocycles. The standard InChI is InChI=1S/C19H15F2N7O/c1-12-17(28(27-24-12)15-4-2-13(3-5-15)19(20)21)10-29-18-7-6-16(25-26-18)14-8-22-11-23-9-14/h2-9,11,19H,10H2,1H3. The Hall–Kier alpha value is -3.82. The van der Waals surface area contributed by atoms with Crippen LogP contribution in [0, 0.1) is 6.92 Å². The van der Waals surface area contributed by atoms with Crippen molar-refractivity contribution in [3.8, 4) is 22.8 Å². The summed E-state index contributed by atoms with van der Waals surface area (Å²) in [4.78, 5) is 7.90. The fraction of sp³-hybridized carbons (Fsp3) is 0.158. The van der Waals surface area contributed by atoms with Crippen LogP contribution in [0.1, 0.15) is 23.4 Å². The van der Waals surface area contributed by atoms with Crippen LogP contribution in [0.25, 0.3) is 16.9 Å². The molecule has 4 rings (SSSR count). The van der Waals surface area contributed by atoms with Crippen molar-refractivity contribution in [3.05, 3.63) is 72.1 Å². The fourth-order valence-electron chi connectivity index (χ4n) is 2.64. The van der Waals surface area contributed by atoms with Crippen molar-refractivity contribution in [3.63, 3.8) is 0 Å². The minimum atomic E-state index is -2.52. The van der Waals surface area contributed by atoms with Gasteiger partial charge in [0.25, 0.3) is 6.43 Å². The molecule has 0 aliphatic heterocycles. The Morgan fingerprint density at radius 3 is 2.38 bits per heavy atom. The summed E-state index contributed by atoms with van der Waals surface area (Å²) in [5.41, 5.74) is 3.27. The molecule has 10 heteroatoms. The number of aryl methyl sites for hydroxylation is 1. The van der Waals surface area contributed by atoms with Crippen LogP contribution in [-0.2, 0) is 6.61 Å². The van der Waals surface area contributed by atoms with E-state index in [1.54, 1.807) is 48.3 Å². The van der Waals surface area contributed by atoms with Crippen LogP contribution in [-0.4, -0.2) is 35.2 Å². The third kappa shape index (κ3) is 4.05.